The van der Waals surface area contributed by atoms with Gasteiger partial charge in [-0.1, -0.05) is 146 Å². The van der Waals surface area contributed by atoms with Crippen LogP contribution in [0.1, 0.15) is 17.2 Å². The predicted octanol–water partition coefficient (Wildman–Crippen LogP) is 13.4. The van der Waals surface area contributed by atoms with Gasteiger partial charge in [0.1, 0.15) is 0 Å². The Kier molecular flexibility index (Phi) is 7.32. The quantitative estimate of drug-likeness (QED) is 0.172. The van der Waals surface area contributed by atoms with Crippen LogP contribution in [0.3, 0.4) is 0 Å². The molecule has 0 amide bonds. The number of rotatable bonds is 6. The van der Waals surface area contributed by atoms with Crippen LogP contribution in [-0.2, 0) is 0 Å². The van der Waals surface area contributed by atoms with Crippen molar-refractivity contribution >= 4 is 44.8 Å². The summed E-state index contributed by atoms with van der Waals surface area (Å²) in [5.41, 5.74) is 13.4. The van der Waals surface area contributed by atoms with E-state index < -0.39 is 0 Å². The Labute approximate surface area is 304 Å². The van der Waals surface area contributed by atoms with Crippen molar-refractivity contribution in [3.63, 3.8) is 0 Å². The first-order valence-electron chi connectivity index (χ1n) is 18.1. The number of aromatic nitrogens is 1. The summed E-state index contributed by atoms with van der Waals surface area (Å²) in [6, 6.07) is 61.6. The lowest BCUT2D eigenvalue weighted by Crippen LogP contribution is -2.13. The topological polar surface area (TPSA) is 8.17 Å². The molecular weight excluding hydrogens is 629 g/mol. The molecule has 2 atom stereocenters. The van der Waals surface area contributed by atoms with Crippen LogP contribution in [-0.4, -0.2) is 4.57 Å². The highest BCUT2D eigenvalue weighted by molar-refractivity contribution is 5.99. The Hall–Kier alpha value is -6.64. The molecule has 0 saturated carbocycles. The van der Waals surface area contributed by atoms with Crippen molar-refractivity contribution in [2.75, 3.05) is 4.90 Å². The molecule has 0 radical (unpaired) electrons. The number of para-hydroxylation sites is 1. The van der Waals surface area contributed by atoms with Gasteiger partial charge >= 0.3 is 0 Å². The number of allylic oxidation sites excluding steroid dienone is 5. The van der Waals surface area contributed by atoms with Gasteiger partial charge in [-0.2, -0.15) is 0 Å². The minimum atomic E-state index is 0.317. The van der Waals surface area contributed by atoms with Gasteiger partial charge in [-0.15, -0.1) is 0 Å². The number of hydrogen-bond donors (Lipinski definition) is 0. The minimum absolute atomic E-state index is 0.317. The van der Waals surface area contributed by atoms with E-state index >= 15 is 0 Å². The van der Waals surface area contributed by atoms with Crippen LogP contribution in [0.25, 0.3) is 55.7 Å². The SMILES string of the molecule is C1=CC2C=Cc3c(c4cc(-c5ccc(N(c6ccc(-c7ccccc7)cc6)c6cccc7ccccc67)cc5)ccc4n3-c3ccccc3)C2C=C1. The van der Waals surface area contributed by atoms with Gasteiger partial charge in [0.05, 0.1) is 16.9 Å². The molecule has 2 aliphatic rings. The van der Waals surface area contributed by atoms with E-state index in [0.717, 1.165) is 17.1 Å². The largest absolute Gasteiger partial charge is 0.310 e. The summed E-state index contributed by atoms with van der Waals surface area (Å²) in [4.78, 5) is 2.38. The smallest absolute Gasteiger partial charge is 0.0540 e. The molecule has 1 heterocycles. The summed E-state index contributed by atoms with van der Waals surface area (Å²) in [7, 11) is 0. The van der Waals surface area contributed by atoms with Gasteiger partial charge in [-0.25, -0.2) is 0 Å². The van der Waals surface area contributed by atoms with Crippen LogP contribution in [0.5, 0.6) is 0 Å². The maximum Gasteiger partial charge on any atom is 0.0540 e. The Morgan fingerprint density at radius 2 is 1.08 bits per heavy atom. The van der Waals surface area contributed by atoms with Gasteiger partial charge in [0.15, 0.2) is 0 Å². The molecule has 0 spiro atoms. The van der Waals surface area contributed by atoms with Crippen LogP contribution < -0.4 is 4.90 Å². The Morgan fingerprint density at radius 3 is 1.85 bits per heavy atom. The first-order chi connectivity index (χ1) is 25.8. The van der Waals surface area contributed by atoms with Gasteiger partial charge in [0.2, 0.25) is 0 Å². The van der Waals surface area contributed by atoms with Crippen LogP contribution in [0.4, 0.5) is 17.1 Å². The third-order valence-corrected chi connectivity index (χ3v) is 10.7. The number of anilines is 3. The molecule has 52 heavy (non-hydrogen) atoms. The van der Waals surface area contributed by atoms with Crippen molar-refractivity contribution in [2.24, 2.45) is 5.92 Å². The van der Waals surface area contributed by atoms with E-state index in [-0.39, 0.29) is 0 Å². The van der Waals surface area contributed by atoms with Crippen LogP contribution in [0.15, 0.2) is 200 Å². The Bertz CT molecular complexity index is 2650. The highest BCUT2D eigenvalue weighted by atomic mass is 15.1. The van der Waals surface area contributed by atoms with Crippen molar-refractivity contribution < 1.29 is 0 Å². The van der Waals surface area contributed by atoms with E-state index in [2.05, 4.69) is 216 Å². The zero-order chi connectivity index (χ0) is 34.4. The van der Waals surface area contributed by atoms with Gasteiger partial charge in [0.25, 0.3) is 0 Å². The summed E-state index contributed by atoms with van der Waals surface area (Å²) in [6.07, 6.45) is 13.8. The van der Waals surface area contributed by atoms with Crippen molar-refractivity contribution in [3.05, 3.63) is 211 Å². The molecule has 0 saturated heterocycles. The molecule has 8 aromatic rings. The van der Waals surface area contributed by atoms with Crippen LogP contribution in [0.2, 0.25) is 0 Å². The lowest BCUT2D eigenvalue weighted by Gasteiger charge is -2.27. The number of hydrogen-bond acceptors (Lipinski definition) is 1. The standard InChI is InChI=1S/C50H36N2/c1-3-12-35(13-4-1)36-22-28-42(29-23-36)51(47-21-11-16-38-14-7-9-19-44(38)47)43-30-24-37(25-31-43)40-27-32-48-46(34-40)50-45-20-10-8-15-39(45)26-33-49(50)52(48)41-17-5-2-6-18-41/h1-34,39,45H. The third kappa shape index (κ3) is 5.11. The van der Waals surface area contributed by atoms with Crippen molar-refractivity contribution in [1.82, 2.24) is 4.57 Å². The second-order valence-electron chi connectivity index (χ2n) is 13.7. The second kappa shape index (κ2) is 12.6. The van der Waals surface area contributed by atoms with E-state index in [9.17, 15) is 0 Å². The normalized spacial score (nSPS) is 15.8. The molecule has 2 nitrogen and oxygen atoms in total. The highest BCUT2D eigenvalue weighted by Gasteiger charge is 2.30. The Balaban J connectivity index is 1.08. The molecule has 2 heteroatoms. The zero-order valence-corrected chi connectivity index (χ0v) is 28.7. The number of benzene rings is 7. The molecule has 1 aromatic heterocycles. The average molecular weight is 665 g/mol. The van der Waals surface area contributed by atoms with Gasteiger partial charge in [-0.3, -0.25) is 0 Å². The Morgan fingerprint density at radius 1 is 0.462 bits per heavy atom. The highest BCUT2D eigenvalue weighted by Crippen LogP contribution is 2.46. The maximum atomic E-state index is 2.43. The van der Waals surface area contributed by atoms with E-state index in [1.807, 2.05) is 0 Å². The van der Waals surface area contributed by atoms with Crippen LogP contribution >= 0.6 is 0 Å². The van der Waals surface area contributed by atoms with Gasteiger partial charge in [0, 0.05) is 39.7 Å². The minimum Gasteiger partial charge on any atom is -0.310 e. The molecule has 10 rings (SSSR count). The van der Waals surface area contributed by atoms with Gasteiger partial charge < -0.3 is 9.47 Å². The van der Waals surface area contributed by atoms with E-state index in [1.165, 1.54) is 60.9 Å². The van der Waals surface area contributed by atoms with Crippen molar-refractivity contribution in [3.8, 4) is 27.9 Å². The second-order valence-corrected chi connectivity index (χ2v) is 13.7. The summed E-state index contributed by atoms with van der Waals surface area (Å²) >= 11 is 0. The molecule has 0 aliphatic heterocycles. The van der Waals surface area contributed by atoms with E-state index in [4.69, 9.17) is 0 Å². The monoisotopic (exact) mass is 664 g/mol. The molecule has 0 bridgehead atoms. The molecule has 7 aromatic carbocycles. The van der Waals surface area contributed by atoms with Crippen molar-refractivity contribution in [1.29, 1.82) is 0 Å². The fourth-order valence-corrected chi connectivity index (χ4v) is 8.25. The van der Waals surface area contributed by atoms with Crippen LogP contribution in [0, 0.1) is 5.92 Å². The number of nitrogens with zero attached hydrogens (tertiary/aromatic N) is 2. The lowest BCUT2D eigenvalue weighted by atomic mass is 9.78. The maximum absolute atomic E-state index is 2.43. The molecule has 246 valence electrons. The molecule has 0 fully saturated rings. The zero-order valence-electron chi connectivity index (χ0n) is 28.7. The molecular formula is C50H36N2. The predicted molar refractivity (Wildman–Crippen MR) is 220 cm³/mol. The summed E-state index contributed by atoms with van der Waals surface area (Å²) in [5, 5.41) is 3.76. The molecule has 2 unspecified atom stereocenters. The van der Waals surface area contributed by atoms with Crippen molar-refractivity contribution in [2.45, 2.75) is 5.92 Å². The fourth-order valence-electron chi connectivity index (χ4n) is 8.25. The molecule has 2 aliphatic carbocycles. The summed E-state index contributed by atoms with van der Waals surface area (Å²) < 4.78 is 2.43. The third-order valence-electron chi connectivity index (χ3n) is 10.7. The summed E-state index contributed by atoms with van der Waals surface area (Å²) in [6.45, 7) is 0. The molecule has 0 N–H and O–H groups in total. The average Bonchev–Trinajstić information content (AvgIpc) is 3.56. The first-order valence-corrected chi connectivity index (χ1v) is 18.1. The van der Waals surface area contributed by atoms with Gasteiger partial charge in [-0.05, 0) is 93.9 Å². The van der Waals surface area contributed by atoms with E-state index in [0.29, 0.717) is 11.8 Å². The summed E-state index contributed by atoms with van der Waals surface area (Å²) in [5.74, 6) is 0.690. The van der Waals surface area contributed by atoms with E-state index in [1.54, 1.807) is 0 Å². The first kappa shape index (κ1) is 30.2. The fraction of sp³-hybridized carbons (Fsp3) is 0.0400. The number of fused-ring (bicyclic) bond motifs is 6. The lowest BCUT2D eigenvalue weighted by molar-refractivity contribution is 0.693.